The molecule has 1 fully saturated rings. The molecule has 1 saturated carbocycles. The van der Waals surface area contributed by atoms with E-state index in [1.165, 1.54) is 6.07 Å². The summed E-state index contributed by atoms with van der Waals surface area (Å²) in [5.41, 5.74) is -3.93. The molecule has 0 amide bonds. The first-order valence-corrected chi connectivity index (χ1v) is 15.6. The number of benzene rings is 2. The summed E-state index contributed by atoms with van der Waals surface area (Å²) in [5, 5.41) is 46.3. The van der Waals surface area contributed by atoms with Crippen LogP contribution in [0.1, 0.15) is 84.4 Å². The van der Waals surface area contributed by atoms with Crippen molar-refractivity contribution in [1.82, 2.24) is 0 Å². The summed E-state index contributed by atoms with van der Waals surface area (Å²) in [6.07, 6.45) is 2.10. The lowest BCUT2D eigenvalue weighted by atomic mass is 9.43. The molecule has 0 heterocycles. The molecule has 4 N–H and O–H groups in total. The van der Waals surface area contributed by atoms with Gasteiger partial charge in [-0.05, 0) is 87.1 Å². The predicted molar refractivity (Wildman–Crippen MR) is 169 cm³/mol. The van der Waals surface area contributed by atoms with Crippen molar-refractivity contribution in [1.29, 1.82) is 0 Å². The number of phenols is 1. The van der Waals surface area contributed by atoms with Crippen molar-refractivity contribution >= 4 is 23.1 Å². The molecule has 5 rings (SSSR count). The van der Waals surface area contributed by atoms with Crippen molar-refractivity contribution in [3.05, 3.63) is 70.0 Å². The van der Waals surface area contributed by atoms with E-state index in [1.807, 2.05) is 24.3 Å². The molecule has 2 aromatic rings. The lowest BCUT2D eigenvalue weighted by Gasteiger charge is -2.59. The number of fused-ring (bicyclic) bond motifs is 3. The van der Waals surface area contributed by atoms with Crippen LogP contribution in [0.25, 0.3) is 16.9 Å². The molecular formula is C37H43FO7. The second-order valence-corrected chi connectivity index (χ2v) is 14.7. The van der Waals surface area contributed by atoms with Crippen LogP contribution in [-0.4, -0.2) is 49.0 Å². The molecule has 4 atom stereocenters. The second kappa shape index (κ2) is 10.6. The highest BCUT2D eigenvalue weighted by Crippen LogP contribution is 2.65. The number of aromatic hydroxyl groups is 1. The number of aliphatic hydroxyl groups is 3. The van der Waals surface area contributed by atoms with E-state index >= 15 is 0 Å². The first kappa shape index (κ1) is 32.6. The average molecular weight is 619 g/mol. The normalized spacial score (nSPS) is 28.3. The van der Waals surface area contributed by atoms with Crippen LogP contribution in [0.3, 0.4) is 0 Å². The molecule has 1 unspecified atom stereocenters. The van der Waals surface area contributed by atoms with Gasteiger partial charge in [-0.2, -0.15) is 0 Å². The molecule has 0 saturated heterocycles. The maximum Gasteiger partial charge on any atom is 0.203 e. The number of allylic oxidation sites excluding steroid dienone is 1. The zero-order chi connectivity index (χ0) is 33.4. The number of ketones is 3. The number of halogens is 1. The number of hydrogen-bond donors (Lipinski definition) is 4. The van der Waals surface area contributed by atoms with Gasteiger partial charge in [-0.25, -0.2) is 4.39 Å². The van der Waals surface area contributed by atoms with E-state index in [4.69, 9.17) is 0 Å². The minimum Gasteiger partial charge on any atom is -0.508 e. The monoisotopic (exact) mass is 618 g/mol. The summed E-state index contributed by atoms with van der Waals surface area (Å²) < 4.78 is 13.9. The lowest BCUT2D eigenvalue weighted by molar-refractivity contribution is -0.178. The summed E-state index contributed by atoms with van der Waals surface area (Å²) in [7, 11) is 0. The number of hydrogen-bond acceptors (Lipinski definition) is 7. The predicted octanol–water partition coefficient (Wildman–Crippen LogP) is 6.93. The third kappa shape index (κ3) is 4.84. The number of aliphatic hydroxyl groups excluding tert-OH is 2. The summed E-state index contributed by atoms with van der Waals surface area (Å²) >= 11 is 0. The summed E-state index contributed by atoms with van der Waals surface area (Å²) in [6, 6.07) is 11.0. The van der Waals surface area contributed by atoms with Gasteiger partial charge in [-0.1, -0.05) is 58.0 Å². The fraction of sp³-hybridized carbons (Fsp3) is 0.486. The molecule has 3 aliphatic carbocycles. The Morgan fingerprint density at radius 3 is 2.22 bits per heavy atom. The molecule has 8 heteroatoms. The van der Waals surface area contributed by atoms with Crippen LogP contribution >= 0.6 is 0 Å². The molecule has 7 nitrogen and oxygen atoms in total. The number of aryl methyl sites for hydroxylation is 1. The van der Waals surface area contributed by atoms with E-state index < -0.39 is 68.4 Å². The Morgan fingerprint density at radius 1 is 1.04 bits per heavy atom. The molecular weight excluding hydrogens is 575 g/mol. The minimum atomic E-state index is -2.64. The Labute approximate surface area is 263 Å². The zero-order valence-electron chi connectivity index (χ0n) is 27.0. The Kier molecular flexibility index (Phi) is 7.72. The van der Waals surface area contributed by atoms with Crippen molar-refractivity contribution in [2.45, 2.75) is 91.8 Å². The largest absolute Gasteiger partial charge is 0.508 e. The minimum absolute atomic E-state index is 0.0316. The highest BCUT2D eigenvalue weighted by atomic mass is 19.1. The molecule has 0 aromatic heterocycles. The zero-order valence-corrected chi connectivity index (χ0v) is 27.0. The summed E-state index contributed by atoms with van der Waals surface area (Å²) in [4.78, 5) is 40.7. The molecule has 0 spiro atoms. The fourth-order valence-corrected chi connectivity index (χ4v) is 8.55. The van der Waals surface area contributed by atoms with Crippen molar-refractivity contribution in [2.75, 3.05) is 0 Å². The smallest absolute Gasteiger partial charge is 0.203 e. The Balaban J connectivity index is 1.66. The Bertz CT molecular complexity index is 1680. The summed E-state index contributed by atoms with van der Waals surface area (Å²) in [5.74, 6) is -5.44. The molecule has 0 bridgehead atoms. The number of Topliss-reactive ketones (excluding diaryl/α,β-unsaturated/α-hetero) is 3. The Morgan fingerprint density at radius 2 is 1.67 bits per heavy atom. The number of alkyl halides is 1. The second-order valence-electron chi connectivity index (χ2n) is 14.7. The Hall–Kier alpha value is -3.78. The van der Waals surface area contributed by atoms with Gasteiger partial charge < -0.3 is 20.4 Å². The maximum atomic E-state index is 14.5. The molecule has 0 radical (unpaired) electrons. The van der Waals surface area contributed by atoms with E-state index in [9.17, 15) is 39.2 Å². The van der Waals surface area contributed by atoms with Crippen LogP contribution in [0.15, 0.2) is 53.3 Å². The van der Waals surface area contributed by atoms with Crippen molar-refractivity contribution in [3.63, 3.8) is 0 Å². The van der Waals surface area contributed by atoms with Gasteiger partial charge in [0.25, 0.3) is 0 Å². The van der Waals surface area contributed by atoms with E-state index in [-0.39, 0.29) is 29.7 Å². The van der Waals surface area contributed by atoms with Crippen molar-refractivity contribution in [2.24, 2.45) is 22.7 Å². The van der Waals surface area contributed by atoms with Gasteiger partial charge in [0.15, 0.2) is 17.2 Å². The lowest BCUT2D eigenvalue weighted by Crippen LogP contribution is -2.69. The first-order valence-electron chi connectivity index (χ1n) is 15.6. The third-order valence-corrected chi connectivity index (χ3v) is 10.4. The van der Waals surface area contributed by atoms with E-state index in [0.29, 0.717) is 18.4 Å². The van der Waals surface area contributed by atoms with Crippen LogP contribution < -0.4 is 0 Å². The van der Waals surface area contributed by atoms with Gasteiger partial charge in [-0.15, -0.1) is 0 Å². The number of carbonyl (C=O) groups excluding carboxylic acids is 3. The van der Waals surface area contributed by atoms with E-state index in [2.05, 4.69) is 0 Å². The number of rotatable bonds is 7. The molecule has 240 valence electrons. The SMILES string of the molecule is CC(=O)C1=C(O)[C@]2(O)C(=O)C3=C(O)c4c(O)ccc(-c5ccc(CCCC(C)(C)F)cc5)c4C[C@]3(C)C[C@]2(C)C(C(C)C)C1=O. The summed E-state index contributed by atoms with van der Waals surface area (Å²) in [6.45, 7) is 11.2. The fourth-order valence-electron chi connectivity index (χ4n) is 8.55. The van der Waals surface area contributed by atoms with Crippen LogP contribution in [0, 0.1) is 22.7 Å². The molecule has 3 aliphatic rings. The van der Waals surface area contributed by atoms with Gasteiger partial charge in [0.2, 0.25) is 5.78 Å². The molecule has 45 heavy (non-hydrogen) atoms. The van der Waals surface area contributed by atoms with Gasteiger partial charge in [-0.3, -0.25) is 14.4 Å². The van der Waals surface area contributed by atoms with Crippen LogP contribution in [0.2, 0.25) is 0 Å². The van der Waals surface area contributed by atoms with E-state index in [0.717, 1.165) is 30.0 Å². The highest BCUT2D eigenvalue weighted by molar-refractivity contribution is 6.24. The van der Waals surface area contributed by atoms with Gasteiger partial charge in [0.1, 0.15) is 28.5 Å². The van der Waals surface area contributed by atoms with Crippen LogP contribution in [0.5, 0.6) is 5.75 Å². The van der Waals surface area contributed by atoms with E-state index in [1.54, 1.807) is 47.6 Å². The molecule has 2 aromatic carbocycles. The van der Waals surface area contributed by atoms with Gasteiger partial charge in [0, 0.05) is 22.3 Å². The first-order chi connectivity index (χ1) is 20.8. The van der Waals surface area contributed by atoms with Gasteiger partial charge >= 0.3 is 0 Å². The van der Waals surface area contributed by atoms with Crippen molar-refractivity contribution < 1.29 is 39.2 Å². The maximum absolute atomic E-state index is 14.5. The van der Waals surface area contributed by atoms with Crippen LogP contribution in [0.4, 0.5) is 4.39 Å². The van der Waals surface area contributed by atoms with Crippen molar-refractivity contribution in [3.8, 4) is 16.9 Å². The highest BCUT2D eigenvalue weighted by Gasteiger charge is 2.72. The number of carbonyl (C=O) groups is 3. The number of phenolic OH excluding ortho intramolecular Hbond substituents is 1. The standard InChI is InChI=1S/C37H43FO7/c1-19(2)28-30(41)26(20(3)39)32(43)37(45)33(44)29-31(42)27-24(17-35(29,6)18-36(28,37)7)23(14-15-25(27)40)22-12-10-21(11-13-22)9-8-16-34(4,5)38/h10-15,19,28,40,42-43,45H,8-9,16-18H2,1-7H3/t28?,35-,36-,37+/m1/s1. The molecule has 0 aliphatic heterocycles. The van der Waals surface area contributed by atoms with Gasteiger partial charge in [0.05, 0.1) is 5.56 Å². The average Bonchev–Trinajstić information content (AvgIpc) is 2.90. The third-order valence-electron chi connectivity index (χ3n) is 10.4. The van der Waals surface area contributed by atoms with Crippen LogP contribution in [-0.2, 0) is 27.2 Å². The topological polar surface area (TPSA) is 132 Å². The quantitative estimate of drug-likeness (QED) is 0.248.